The summed E-state index contributed by atoms with van der Waals surface area (Å²) in [5, 5.41) is 4.98. The molecule has 0 fully saturated rings. The van der Waals surface area contributed by atoms with Crippen LogP contribution in [0.1, 0.15) is 17.2 Å². The minimum Gasteiger partial charge on any atom is -0.309 e. The van der Waals surface area contributed by atoms with Crippen LogP contribution in [0.15, 0.2) is 40.9 Å². The summed E-state index contributed by atoms with van der Waals surface area (Å²) in [6.07, 6.45) is 0. The molecule has 0 saturated heterocycles. The first-order chi connectivity index (χ1) is 9.04. The summed E-state index contributed by atoms with van der Waals surface area (Å²) in [7, 11) is 1.86. The zero-order valence-electron chi connectivity index (χ0n) is 10.1. The predicted octanol–water partition coefficient (Wildman–Crippen LogP) is 5.72. The Balaban J connectivity index is 2.56. The molecule has 2 rings (SSSR count). The molecule has 1 N–H and O–H groups in total. The standard InChI is InChI=1S/C14H11BrCl3N/c1-19-14(9-3-2-4-12(17)13(9)18)10-7-8(15)5-6-11(10)16/h2-7,14,19H,1H3. The highest BCUT2D eigenvalue weighted by Gasteiger charge is 2.19. The second-order valence-corrected chi connectivity index (χ2v) is 6.14. The van der Waals surface area contributed by atoms with E-state index in [1.165, 1.54) is 0 Å². The van der Waals surface area contributed by atoms with E-state index in [4.69, 9.17) is 34.8 Å². The van der Waals surface area contributed by atoms with Crippen molar-refractivity contribution in [3.63, 3.8) is 0 Å². The van der Waals surface area contributed by atoms with Crippen molar-refractivity contribution in [1.29, 1.82) is 0 Å². The van der Waals surface area contributed by atoms with Crippen LogP contribution in [0.4, 0.5) is 0 Å². The average molecular weight is 380 g/mol. The third-order valence-corrected chi connectivity index (χ3v) is 4.52. The molecule has 5 heteroatoms. The first-order valence-electron chi connectivity index (χ1n) is 5.60. The molecule has 1 nitrogen and oxygen atoms in total. The molecule has 0 amide bonds. The minimum absolute atomic E-state index is 0.115. The maximum Gasteiger partial charge on any atom is 0.0643 e. The van der Waals surface area contributed by atoms with Gasteiger partial charge in [-0.05, 0) is 42.4 Å². The van der Waals surface area contributed by atoms with Crippen molar-refractivity contribution >= 4 is 50.7 Å². The topological polar surface area (TPSA) is 12.0 Å². The van der Waals surface area contributed by atoms with E-state index in [-0.39, 0.29) is 6.04 Å². The van der Waals surface area contributed by atoms with Crippen molar-refractivity contribution in [2.24, 2.45) is 0 Å². The Kier molecular flexibility index (Phi) is 5.15. The molecular formula is C14H11BrCl3N. The van der Waals surface area contributed by atoms with E-state index in [1.807, 2.05) is 37.4 Å². The van der Waals surface area contributed by atoms with Crippen LogP contribution in [0.25, 0.3) is 0 Å². The maximum atomic E-state index is 6.28. The number of nitrogens with one attached hydrogen (secondary N) is 1. The summed E-state index contributed by atoms with van der Waals surface area (Å²) in [5.74, 6) is 0. The second kappa shape index (κ2) is 6.47. The van der Waals surface area contributed by atoms with Crippen LogP contribution in [-0.4, -0.2) is 7.05 Å². The maximum absolute atomic E-state index is 6.28. The molecule has 0 aromatic heterocycles. The van der Waals surface area contributed by atoms with Crippen molar-refractivity contribution in [1.82, 2.24) is 5.32 Å². The molecule has 1 atom stereocenters. The molecule has 0 aliphatic heterocycles. The Labute approximate surface area is 136 Å². The van der Waals surface area contributed by atoms with Crippen LogP contribution in [-0.2, 0) is 0 Å². The first-order valence-corrected chi connectivity index (χ1v) is 7.53. The highest BCUT2D eigenvalue weighted by atomic mass is 79.9. The van der Waals surface area contributed by atoms with Gasteiger partial charge in [-0.1, -0.05) is 62.9 Å². The summed E-state index contributed by atoms with van der Waals surface area (Å²) in [6, 6.07) is 11.2. The molecule has 1 unspecified atom stereocenters. The number of hydrogen-bond acceptors (Lipinski definition) is 1. The molecule has 0 bridgehead atoms. The van der Waals surface area contributed by atoms with Gasteiger partial charge in [0, 0.05) is 9.50 Å². The van der Waals surface area contributed by atoms with E-state index in [2.05, 4.69) is 21.2 Å². The van der Waals surface area contributed by atoms with Crippen LogP contribution in [0, 0.1) is 0 Å². The van der Waals surface area contributed by atoms with Crippen molar-refractivity contribution in [2.45, 2.75) is 6.04 Å². The van der Waals surface area contributed by atoms with E-state index in [0.717, 1.165) is 15.6 Å². The summed E-state index contributed by atoms with van der Waals surface area (Å²) >= 11 is 22.1. The third-order valence-electron chi connectivity index (χ3n) is 2.85. The zero-order valence-corrected chi connectivity index (χ0v) is 13.9. The highest BCUT2D eigenvalue weighted by Crippen LogP contribution is 2.36. The summed E-state index contributed by atoms with van der Waals surface area (Å²) < 4.78 is 0.963. The van der Waals surface area contributed by atoms with E-state index in [0.29, 0.717) is 15.1 Å². The van der Waals surface area contributed by atoms with Crippen molar-refractivity contribution < 1.29 is 0 Å². The van der Waals surface area contributed by atoms with Crippen LogP contribution in [0.3, 0.4) is 0 Å². The molecule has 0 saturated carbocycles. The van der Waals surface area contributed by atoms with Gasteiger partial charge in [-0.15, -0.1) is 0 Å². The molecule has 0 heterocycles. The monoisotopic (exact) mass is 377 g/mol. The number of benzene rings is 2. The van der Waals surface area contributed by atoms with E-state index in [1.54, 1.807) is 6.07 Å². The van der Waals surface area contributed by atoms with E-state index in [9.17, 15) is 0 Å². The molecular weight excluding hydrogens is 368 g/mol. The summed E-state index contributed by atoms with van der Waals surface area (Å²) in [5.41, 5.74) is 1.85. The van der Waals surface area contributed by atoms with Gasteiger partial charge in [0.05, 0.1) is 16.1 Å². The largest absolute Gasteiger partial charge is 0.309 e. The Morgan fingerprint density at radius 2 is 1.74 bits per heavy atom. The lowest BCUT2D eigenvalue weighted by atomic mass is 9.99. The molecule has 2 aromatic carbocycles. The SMILES string of the molecule is CNC(c1cc(Br)ccc1Cl)c1cccc(Cl)c1Cl. The van der Waals surface area contributed by atoms with Crippen LogP contribution < -0.4 is 5.32 Å². The lowest BCUT2D eigenvalue weighted by Crippen LogP contribution is -2.18. The number of hydrogen-bond donors (Lipinski definition) is 1. The van der Waals surface area contributed by atoms with Crippen LogP contribution in [0.2, 0.25) is 15.1 Å². The Morgan fingerprint density at radius 1 is 1.00 bits per heavy atom. The lowest BCUT2D eigenvalue weighted by molar-refractivity contribution is 0.692. The Bertz CT molecular complexity index is 599. The molecule has 2 aromatic rings. The van der Waals surface area contributed by atoms with Gasteiger partial charge >= 0.3 is 0 Å². The van der Waals surface area contributed by atoms with E-state index >= 15 is 0 Å². The van der Waals surface area contributed by atoms with Crippen LogP contribution >= 0.6 is 50.7 Å². The quantitative estimate of drug-likeness (QED) is 0.719. The molecule has 100 valence electrons. The fourth-order valence-electron chi connectivity index (χ4n) is 1.96. The van der Waals surface area contributed by atoms with Gasteiger partial charge in [0.15, 0.2) is 0 Å². The lowest BCUT2D eigenvalue weighted by Gasteiger charge is -2.20. The van der Waals surface area contributed by atoms with Gasteiger partial charge in [0.2, 0.25) is 0 Å². The van der Waals surface area contributed by atoms with Crippen LogP contribution in [0.5, 0.6) is 0 Å². The minimum atomic E-state index is -0.115. The van der Waals surface area contributed by atoms with Gasteiger partial charge in [-0.25, -0.2) is 0 Å². The summed E-state index contributed by atoms with van der Waals surface area (Å²) in [6.45, 7) is 0. The fourth-order valence-corrected chi connectivity index (χ4v) is 2.98. The van der Waals surface area contributed by atoms with Crippen molar-refractivity contribution in [3.05, 3.63) is 67.1 Å². The smallest absolute Gasteiger partial charge is 0.0643 e. The molecule has 0 spiro atoms. The second-order valence-electron chi connectivity index (χ2n) is 4.03. The number of halogens is 4. The van der Waals surface area contributed by atoms with Gasteiger partial charge in [-0.3, -0.25) is 0 Å². The normalized spacial score (nSPS) is 12.5. The summed E-state index contributed by atoms with van der Waals surface area (Å²) in [4.78, 5) is 0. The first kappa shape index (κ1) is 15.1. The van der Waals surface area contributed by atoms with Gasteiger partial charge in [-0.2, -0.15) is 0 Å². The van der Waals surface area contributed by atoms with Gasteiger partial charge in [0.1, 0.15) is 0 Å². The molecule has 19 heavy (non-hydrogen) atoms. The van der Waals surface area contributed by atoms with Gasteiger partial charge in [0.25, 0.3) is 0 Å². The molecule has 0 aliphatic rings. The zero-order chi connectivity index (χ0) is 14.0. The van der Waals surface area contributed by atoms with Crippen molar-refractivity contribution in [2.75, 3.05) is 7.05 Å². The fraction of sp³-hybridized carbons (Fsp3) is 0.143. The number of rotatable bonds is 3. The Hall–Kier alpha value is -0.250. The Morgan fingerprint density at radius 3 is 2.42 bits per heavy atom. The van der Waals surface area contributed by atoms with Gasteiger partial charge < -0.3 is 5.32 Å². The predicted molar refractivity (Wildman–Crippen MR) is 86.5 cm³/mol. The third kappa shape index (κ3) is 3.26. The average Bonchev–Trinajstić information content (AvgIpc) is 2.39. The van der Waals surface area contributed by atoms with E-state index < -0.39 is 0 Å². The van der Waals surface area contributed by atoms with Crippen molar-refractivity contribution in [3.8, 4) is 0 Å². The molecule has 0 radical (unpaired) electrons. The highest BCUT2D eigenvalue weighted by molar-refractivity contribution is 9.10. The molecule has 0 aliphatic carbocycles.